The Hall–Kier alpha value is -2.08. The molecule has 0 aliphatic heterocycles. The van der Waals surface area contributed by atoms with Crippen molar-refractivity contribution in [2.45, 2.75) is 6.42 Å². The topological polar surface area (TPSA) is 92.7 Å². The van der Waals surface area contributed by atoms with Crippen LogP contribution in [0.15, 0.2) is 24.5 Å². The van der Waals surface area contributed by atoms with Crippen molar-refractivity contribution in [2.75, 3.05) is 18.9 Å². The van der Waals surface area contributed by atoms with Crippen LogP contribution < -0.4 is 11.1 Å². The molecule has 6 nitrogen and oxygen atoms in total. The number of hydrogen-bond acceptors (Lipinski definition) is 4. The van der Waals surface area contributed by atoms with Crippen molar-refractivity contribution >= 4 is 17.1 Å². The van der Waals surface area contributed by atoms with Gasteiger partial charge in [-0.25, -0.2) is 4.52 Å². The Morgan fingerprint density at radius 2 is 2.41 bits per heavy atom. The van der Waals surface area contributed by atoms with Gasteiger partial charge in [0.2, 0.25) is 0 Å². The predicted octanol–water partition coefficient (Wildman–Crippen LogP) is 0.0287. The lowest BCUT2D eigenvalue weighted by Gasteiger charge is -2.02. The van der Waals surface area contributed by atoms with E-state index in [1.54, 1.807) is 22.8 Å². The molecule has 0 aliphatic rings. The van der Waals surface area contributed by atoms with Gasteiger partial charge in [0, 0.05) is 25.0 Å². The minimum Gasteiger partial charge on any atom is -0.399 e. The minimum absolute atomic E-state index is 0.0575. The standard InChI is InChI=1S/C11H14N4O2/c12-8-2-4-15-10(6-8)9(7-14-15)11(17)13-3-1-5-16/h2,4,6-7,16H,1,3,5,12H2,(H,13,17). The summed E-state index contributed by atoms with van der Waals surface area (Å²) in [5, 5.41) is 15.4. The third kappa shape index (κ3) is 2.36. The normalized spacial score (nSPS) is 10.6. The fraction of sp³-hybridized carbons (Fsp3) is 0.273. The van der Waals surface area contributed by atoms with Crippen LogP contribution in [-0.2, 0) is 0 Å². The number of aliphatic hydroxyl groups is 1. The van der Waals surface area contributed by atoms with Crippen LogP contribution in [0.5, 0.6) is 0 Å². The fourth-order valence-corrected chi connectivity index (χ4v) is 1.55. The molecule has 0 unspecified atom stereocenters. The van der Waals surface area contributed by atoms with E-state index < -0.39 is 0 Å². The number of anilines is 1. The number of rotatable bonds is 4. The van der Waals surface area contributed by atoms with Crippen molar-refractivity contribution in [1.29, 1.82) is 0 Å². The van der Waals surface area contributed by atoms with Gasteiger partial charge in [-0.2, -0.15) is 5.10 Å². The molecule has 2 aromatic heterocycles. The molecule has 0 spiro atoms. The fourth-order valence-electron chi connectivity index (χ4n) is 1.55. The molecule has 17 heavy (non-hydrogen) atoms. The van der Waals surface area contributed by atoms with Crippen LogP contribution >= 0.6 is 0 Å². The molecule has 0 atom stereocenters. The lowest BCUT2D eigenvalue weighted by Crippen LogP contribution is -2.24. The number of carbonyl (C=O) groups excluding carboxylic acids is 1. The molecule has 90 valence electrons. The van der Waals surface area contributed by atoms with Crippen LogP contribution in [0.1, 0.15) is 16.8 Å². The Kier molecular flexibility index (Phi) is 3.24. The molecule has 1 amide bonds. The summed E-state index contributed by atoms with van der Waals surface area (Å²) in [4.78, 5) is 11.8. The van der Waals surface area contributed by atoms with Gasteiger partial charge in [-0.05, 0) is 18.6 Å². The Bertz CT molecular complexity index is 535. The highest BCUT2D eigenvalue weighted by Crippen LogP contribution is 2.13. The number of aromatic nitrogens is 2. The zero-order chi connectivity index (χ0) is 12.3. The molecule has 0 bridgehead atoms. The van der Waals surface area contributed by atoms with Crippen LogP contribution in [0.4, 0.5) is 5.69 Å². The van der Waals surface area contributed by atoms with Crippen molar-refractivity contribution in [3.05, 3.63) is 30.1 Å². The third-order valence-corrected chi connectivity index (χ3v) is 2.41. The Morgan fingerprint density at radius 3 is 3.18 bits per heavy atom. The summed E-state index contributed by atoms with van der Waals surface area (Å²) in [7, 11) is 0. The maximum Gasteiger partial charge on any atom is 0.255 e. The van der Waals surface area contributed by atoms with Crippen LogP contribution in [-0.4, -0.2) is 33.8 Å². The van der Waals surface area contributed by atoms with E-state index in [0.717, 1.165) is 0 Å². The maximum atomic E-state index is 11.8. The monoisotopic (exact) mass is 234 g/mol. The van der Waals surface area contributed by atoms with Crippen molar-refractivity contribution in [1.82, 2.24) is 14.9 Å². The van der Waals surface area contributed by atoms with E-state index in [1.807, 2.05) is 0 Å². The maximum absolute atomic E-state index is 11.8. The van der Waals surface area contributed by atoms with E-state index in [9.17, 15) is 4.79 Å². The van der Waals surface area contributed by atoms with E-state index in [4.69, 9.17) is 10.8 Å². The molecule has 2 aromatic rings. The van der Waals surface area contributed by atoms with E-state index in [1.165, 1.54) is 6.20 Å². The Labute approximate surface area is 98.0 Å². The number of nitrogen functional groups attached to an aromatic ring is 1. The second-order valence-electron chi connectivity index (χ2n) is 3.68. The highest BCUT2D eigenvalue weighted by molar-refractivity contribution is 6.00. The predicted molar refractivity (Wildman–Crippen MR) is 63.6 cm³/mol. The Balaban J connectivity index is 2.23. The largest absolute Gasteiger partial charge is 0.399 e. The van der Waals surface area contributed by atoms with Gasteiger partial charge in [0.25, 0.3) is 5.91 Å². The number of aliphatic hydroxyl groups excluding tert-OH is 1. The van der Waals surface area contributed by atoms with Gasteiger partial charge in [-0.1, -0.05) is 0 Å². The molecule has 0 aliphatic carbocycles. The van der Waals surface area contributed by atoms with Crippen LogP contribution in [0.3, 0.4) is 0 Å². The first kappa shape index (κ1) is 11.4. The van der Waals surface area contributed by atoms with E-state index in [2.05, 4.69) is 10.4 Å². The summed E-state index contributed by atoms with van der Waals surface area (Å²) in [6.45, 7) is 0.497. The quantitative estimate of drug-likeness (QED) is 0.651. The first-order valence-electron chi connectivity index (χ1n) is 5.34. The summed E-state index contributed by atoms with van der Waals surface area (Å²) in [6.07, 6.45) is 3.74. The number of pyridine rings is 1. The van der Waals surface area contributed by atoms with Crippen LogP contribution in [0, 0.1) is 0 Å². The lowest BCUT2D eigenvalue weighted by atomic mass is 10.2. The summed E-state index contributed by atoms with van der Waals surface area (Å²) >= 11 is 0. The molecule has 6 heteroatoms. The van der Waals surface area contributed by atoms with Crippen LogP contribution in [0.2, 0.25) is 0 Å². The highest BCUT2D eigenvalue weighted by atomic mass is 16.3. The average Bonchev–Trinajstić information content (AvgIpc) is 2.72. The second kappa shape index (κ2) is 4.84. The van der Waals surface area contributed by atoms with Gasteiger partial charge in [-0.15, -0.1) is 0 Å². The number of amides is 1. The molecular weight excluding hydrogens is 220 g/mol. The molecule has 0 saturated heterocycles. The Morgan fingerprint density at radius 1 is 1.59 bits per heavy atom. The SMILES string of the molecule is Nc1ccn2ncc(C(=O)NCCCO)c2c1. The van der Waals surface area contributed by atoms with Crippen molar-refractivity contribution in [3.8, 4) is 0 Å². The summed E-state index contributed by atoms with van der Waals surface area (Å²) in [5.74, 6) is -0.209. The van der Waals surface area contributed by atoms with Gasteiger partial charge in [-0.3, -0.25) is 4.79 Å². The molecule has 2 rings (SSSR count). The number of carbonyl (C=O) groups is 1. The molecule has 0 radical (unpaired) electrons. The average molecular weight is 234 g/mol. The number of nitrogens with zero attached hydrogens (tertiary/aromatic N) is 2. The minimum atomic E-state index is -0.209. The number of fused-ring (bicyclic) bond motifs is 1. The summed E-state index contributed by atoms with van der Waals surface area (Å²) < 4.78 is 1.59. The highest BCUT2D eigenvalue weighted by Gasteiger charge is 2.11. The first-order chi connectivity index (χ1) is 8.22. The van der Waals surface area contributed by atoms with Gasteiger partial charge in [0.1, 0.15) is 0 Å². The van der Waals surface area contributed by atoms with E-state index in [-0.39, 0.29) is 12.5 Å². The summed E-state index contributed by atoms with van der Waals surface area (Å²) in [6, 6.07) is 3.42. The van der Waals surface area contributed by atoms with Crippen LogP contribution in [0.25, 0.3) is 5.52 Å². The van der Waals surface area contributed by atoms with Crippen molar-refractivity contribution < 1.29 is 9.90 Å². The number of nitrogens with one attached hydrogen (secondary N) is 1. The zero-order valence-electron chi connectivity index (χ0n) is 9.26. The molecule has 2 heterocycles. The smallest absolute Gasteiger partial charge is 0.255 e. The van der Waals surface area contributed by atoms with Gasteiger partial charge in [0.15, 0.2) is 0 Å². The summed E-state index contributed by atoms with van der Waals surface area (Å²) in [5.41, 5.74) is 7.41. The zero-order valence-corrected chi connectivity index (χ0v) is 9.26. The third-order valence-electron chi connectivity index (χ3n) is 2.41. The van der Waals surface area contributed by atoms with E-state index in [0.29, 0.717) is 29.7 Å². The molecule has 4 N–H and O–H groups in total. The molecule has 0 fully saturated rings. The second-order valence-corrected chi connectivity index (χ2v) is 3.68. The van der Waals surface area contributed by atoms with Gasteiger partial charge in [0.05, 0.1) is 17.3 Å². The molecule has 0 aromatic carbocycles. The number of hydrogen-bond donors (Lipinski definition) is 3. The van der Waals surface area contributed by atoms with Crippen molar-refractivity contribution in [2.24, 2.45) is 0 Å². The first-order valence-corrected chi connectivity index (χ1v) is 5.34. The van der Waals surface area contributed by atoms with Gasteiger partial charge >= 0.3 is 0 Å². The number of nitrogens with two attached hydrogens (primary N) is 1. The van der Waals surface area contributed by atoms with E-state index >= 15 is 0 Å². The lowest BCUT2D eigenvalue weighted by molar-refractivity contribution is 0.0953. The molecular formula is C11H14N4O2. The van der Waals surface area contributed by atoms with Crippen molar-refractivity contribution in [3.63, 3.8) is 0 Å². The molecule has 0 saturated carbocycles. The van der Waals surface area contributed by atoms with Gasteiger partial charge < -0.3 is 16.2 Å².